The van der Waals surface area contributed by atoms with Gasteiger partial charge in [-0.1, -0.05) is 0 Å². The maximum absolute atomic E-state index is 8.13. The lowest BCUT2D eigenvalue weighted by Crippen LogP contribution is -2.20. The summed E-state index contributed by atoms with van der Waals surface area (Å²) in [4.78, 5) is 0. The highest BCUT2D eigenvalue weighted by Gasteiger charge is 1.87. The van der Waals surface area contributed by atoms with Crippen molar-refractivity contribution < 1.29 is 14.9 Å². The topological polar surface area (TPSA) is 102 Å². The molecule has 0 fully saturated rings. The number of hydrogen-bond donors (Lipinski definition) is 4. The van der Waals surface area contributed by atoms with Gasteiger partial charge in [-0.3, -0.25) is 0 Å². The zero-order valence-electron chi connectivity index (χ0n) is 6.86. The van der Waals surface area contributed by atoms with E-state index >= 15 is 0 Å². The van der Waals surface area contributed by atoms with Crippen LogP contribution in [0, 0.1) is 0 Å². The van der Waals surface area contributed by atoms with Gasteiger partial charge >= 0.3 is 0 Å². The molecule has 5 nitrogen and oxygen atoms in total. The Morgan fingerprint density at radius 2 is 1.82 bits per heavy atom. The van der Waals surface area contributed by atoms with E-state index in [-0.39, 0.29) is 19.4 Å². The van der Waals surface area contributed by atoms with Crippen molar-refractivity contribution in [1.29, 1.82) is 0 Å². The van der Waals surface area contributed by atoms with E-state index < -0.39 is 0 Å². The molecule has 0 radical (unpaired) electrons. The van der Waals surface area contributed by atoms with E-state index in [1.807, 2.05) is 0 Å². The van der Waals surface area contributed by atoms with Gasteiger partial charge in [-0.2, -0.15) is 0 Å². The quantitative estimate of drug-likeness (QED) is 0.370. The summed E-state index contributed by atoms with van der Waals surface area (Å²) in [5.74, 6) is 0. The van der Waals surface area contributed by atoms with Crippen LogP contribution in [-0.4, -0.2) is 42.8 Å². The van der Waals surface area contributed by atoms with Crippen molar-refractivity contribution in [3.05, 3.63) is 0 Å². The summed E-state index contributed by atoms with van der Waals surface area (Å²) in [5, 5.41) is 15.9. The Bertz CT molecular complexity index is 59.8. The van der Waals surface area contributed by atoms with E-state index in [0.717, 1.165) is 0 Å². The minimum absolute atomic E-state index is 0.0432. The molecule has 0 spiro atoms. The average molecular weight is 166 g/mol. The third kappa shape index (κ3) is 25.9. The van der Waals surface area contributed by atoms with Crippen molar-refractivity contribution in [3.8, 4) is 0 Å². The minimum atomic E-state index is -0.257. The van der Waals surface area contributed by atoms with Crippen molar-refractivity contribution in [2.45, 2.75) is 13.2 Å². The standard InChI is InChI=1S/C4H11NO2.C2H7NO/c1-4(5)7-3-2-6;3-1-2-4/h4,6H,2-3,5H2,1H3;4H,1-3H2. The number of hydrogen-bond acceptors (Lipinski definition) is 5. The highest BCUT2D eigenvalue weighted by molar-refractivity contribution is 4.31. The Hall–Kier alpha value is -0.200. The summed E-state index contributed by atoms with van der Waals surface area (Å²) in [5.41, 5.74) is 9.92. The Kier molecular flexibility index (Phi) is 15.2. The largest absolute Gasteiger partial charge is 0.395 e. The zero-order valence-corrected chi connectivity index (χ0v) is 6.86. The second kappa shape index (κ2) is 12.5. The van der Waals surface area contributed by atoms with Gasteiger partial charge in [-0.05, 0) is 6.92 Å². The van der Waals surface area contributed by atoms with Gasteiger partial charge < -0.3 is 26.4 Å². The molecule has 0 saturated heterocycles. The van der Waals surface area contributed by atoms with E-state index in [0.29, 0.717) is 13.2 Å². The second-order valence-corrected chi connectivity index (χ2v) is 1.81. The summed E-state index contributed by atoms with van der Waals surface area (Å²) in [7, 11) is 0. The number of aliphatic hydroxyl groups excluding tert-OH is 2. The van der Waals surface area contributed by atoms with Crippen LogP contribution in [0.25, 0.3) is 0 Å². The Morgan fingerprint density at radius 3 is 1.91 bits per heavy atom. The molecule has 0 aliphatic carbocycles. The van der Waals surface area contributed by atoms with Crippen molar-refractivity contribution in [3.63, 3.8) is 0 Å². The molecular weight excluding hydrogens is 148 g/mol. The molecule has 0 bridgehead atoms. The van der Waals surface area contributed by atoms with E-state index in [1.54, 1.807) is 6.92 Å². The zero-order chi connectivity index (χ0) is 9.11. The van der Waals surface area contributed by atoms with Gasteiger partial charge in [0, 0.05) is 6.54 Å². The van der Waals surface area contributed by atoms with Gasteiger partial charge in [0.25, 0.3) is 0 Å². The molecule has 0 rings (SSSR count). The molecule has 0 aromatic heterocycles. The van der Waals surface area contributed by atoms with Gasteiger partial charge in [0.1, 0.15) is 6.23 Å². The van der Waals surface area contributed by atoms with Crippen LogP contribution in [0.2, 0.25) is 0 Å². The van der Waals surface area contributed by atoms with Crippen molar-refractivity contribution in [1.82, 2.24) is 0 Å². The van der Waals surface area contributed by atoms with Crippen LogP contribution < -0.4 is 11.5 Å². The molecule has 0 aliphatic heterocycles. The summed E-state index contributed by atoms with van der Waals surface area (Å²) in [6.07, 6.45) is -0.257. The first-order valence-corrected chi connectivity index (χ1v) is 3.48. The van der Waals surface area contributed by atoms with Crippen molar-refractivity contribution >= 4 is 0 Å². The first-order valence-electron chi connectivity index (χ1n) is 3.48. The molecule has 0 saturated carbocycles. The summed E-state index contributed by atoms with van der Waals surface area (Å²) in [6.45, 7) is 2.56. The maximum atomic E-state index is 8.13. The fourth-order valence-corrected chi connectivity index (χ4v) is 0.239. The molecule has 0 aliphatic rings. The number of nitrogens with two attached hydrogens (primary N) is 2. The van der Waals surface area contributed by atoms with Crippen molar-refractivity contribution in [2.75, 3.05) is 26.4 Å². The van der Waals surface area contributed by atoms with Crippen LogP contribution in [-0.2, 0) is 4.74 Å². The van der Waals surface area contributed by atoms with Crippen LogP contribution in [0.1, 0.15) is 6.92 Å². The lowest BCUT2D eigenvalue weighted by Gasteiger charge is -2.02. The second-order valence-electron chi connectivity index (χ2n) is 1.81. The molecule has 0 heterocycles. The predicted molar refractivity (Wildman–Crippen MR) is 42.8 cm³/mol. The smallest absolute Gasteiger partial charge is 0.102 e. The number of rotatable bonds is 4. The lowest BCUT2D eigenvalue weighted by atomic mass is 10.7. The molecule has 6 N–H and O–H groups in total. The SMILES string of the molecule is CC(N)OCCO.NCCO. The number of ether oxygens (including phenoxy) is 1. The molecule has 5 heteroatoms. The highest BCUT2D eigenvalue weighted by atomic mass is 16.5. The Morgan fingerprint density at radius 1 is 1.36 bits per heavy atom. The van der Waals surface area contributed by atoms with Gasteiger partial charge in [-0.25, -0.2) is 0 Å². The summed E-state index contributed by atoms with van der Waals surface area (Å²) in [6, 6.07) is 0. The third-order valence-electron chi connectivity index (χ3n) is 0.601. The maximum Gasteiger partial charge on any atom is 0.102 e. The van der Waals surface area contributed by atoms with Gasteiger partial charge in [0.05, 0.1) is 19.8 Å². The van der Waals surface area contributed by atoms with E-state index in [9.17, 15) is 0 Å². The first-order chi connectivity index (χ1) is 5.18. The average Bonchev–Trinajstić information content (AvgIpc) is 2.01. The fourth-order valence-electron chi connectivity index (χ4n) is 0.239. The summed E-state index contributed by atoms with van der Waals surface area (Å²) >= 11 is 0. The van der Waals surface area contributed by atoms with Crippen molar-refractivity contribution in [2.24, 2.45) is 11.5 Å². The van der Waals surface area contributed by atoms with Crippen LogP contribution >= 0.6 is 0 Å². The predicted octanol–water partition coefficient (Wildman–Crippen LogP) is -1.76. The molecule has 0 amide bonds. The highest BCUT2D eigenvalue weighted by Crippen LogP contribution is 1.75. The monoisotopic (exact) mass is 166 g/mol. The van der Waals surface area contributed by atoms with Crippen LogP contribution in [0.5, 0.6) is 0 Å². The van der Waals surface area contributed by atoms with Gasteiger partial charge in [-0.15, -0.1) is 0 Å². The molecule has 11 heavy (non-hydrogen) atoms. The molecule has 70 valence electrons. The van der Waals surface area contributed by atoms with Crippen LogP contribution in [0.3, 0.4) is 0 Å². The fraction of sp³-hybridized carbons (Fsp3) is 1.00. The van der Waals surface area contributed by atoms with E-state index in [4.69, 9.17) is 26.4 Å². The van der Waals surface area contributed by atoms with Crippen LogP contribution in [0.15, 0.2) is 0 Å². The molecule has 1 unspecified atom stereocenters. The molecule has 1 atom stereocenters. The Labute approximate surface area is 67.0 Å². The Balaban J connectivity index is 0. The lowest BCUT2D eigenvalue weighted by molar-refractivity contribution is 0.0429. The van der Waals surface area contributed by atoms with Crippen LogP contribution in [0.4, 0.5) is 0 Å². The van der Waals surface area contributed by atoms with E-state index in [2.05, 4.69) is 0 Å². The molecular formula is C6H18N2O3. The van der Waals surface area contributed by atoms with Gasteiger partial charge in [0.15, 0.2) is 0 Å². The summed E-state index contributed by atoms with van der Waals surface area (Å²) < 4.78 is 4.72. The number of aliphatic hydroxyl groups is 2. The first kappa shape index (κ1) is 13.4. The normalized spacial score (nSPS) is 11.7. The third-order valence-corrected chi connectivity index (χ3v) is 0.601. The minimum Gasteiger partial charge on any atom is -0.395 e. The van der Waals surface area contributed by atoms with Gasteiger partial charge in [0.2, 0.25) is 0 Å². The molecule has 0 aromatic rings. The molecule has 0 aromatic carbocycles. The van der Waals surface area contributed by atoms with E-state index in [1.165, 1.54) is 0 Å².